The minimum atomic E-state index is -0.847. The number of amides is 4. The number of rotatable bonds is 18. The van der Waals surface area contributed by atoms with Crippen molar-refractivity contribution in [2.24, 2.45) is 5.92 Å². The summed E-state index contributed by atoms with van der Waals surface area (Å²) in [4.78, 5) is 64.0. The molecule has 16 heteroatoms. The number of aryl methyl sites for hydroxylation is 1. The Hall–Kier alpha value is -4.54. The lowest BCUT2D eigenvalue weighted by atomic mass is 9.91. The first kappa shape index (κ1) is 44.2. The van der Waals surface area contributed by atoms with Gasteiger partial charge >= 0.3 is 6.09 Å². The molecule has 1 fully saturated rings. The van der Waals surface area contributed by atoms with Crippen molar-refractivity contribution in [3.05, 3.63) is 47.3 Å². The van der Waals surface area contributed by atoms with E-state index in [9.17, 15) is 24.3 Å². The summed E-state index contributed by atoms with van der Waals surface area (Å²) in [5.74, 6) is -1.08. The van der Waals surface area contributed by atoms with Crippen LogP contribution in [0, 0.1) is 12.8 Å². The maximum Gasteiger partial charge on any atom is 0.410 e. The van der Waals surface area contributed by atoms with Crippen LogP contribution in [0.3, 0.4) is 0 Å². The van der Waals surface area contributed by atoms with E-state index in [0.717, 1.165) is 16.1 Å². The molecule has 0 aliphatic carbocycles. The molecule has 4 amide bonds. The molecule has 0 bridgehead atoms. The molecule has 56 heavy (non-hydrogen) atoms. The molecule has 3 heterocycles. The molecule has 308 valence electrons. The molecular formula is C40H58N6O9S. The van der Waals surface area contributed by atoms with Gasteiger partial charge in [-0.25, -0.2) is 9.78 Å². The molecule has 0 saturated carbocycles. The summed E-state index contributed by atoms with van der Waals surface area (Å²) in [6.45, 7) is 12.7. The molecule has 1 unspecified atom stereocenters. The number of unbranched alkanes of at least 4 members (excludes halogenated alkanes) is 1. The Balaban J connectivity index is 1.26. The van der Waals surface area contributed by atoms with Crippen LogP contribution in [0.5, 0.6) is 5.88 Å². The highest BCUT2D eigenvalue weighted by Crippen LogP contribution is 2.34. The predicted molar refractivity (Wildman–Crippen MR) is 213 cm³/mol. The van der Waals surface area contributed by atoms with Gasteiger partial charge < -0.3 is 43.4 Å². The Bertz CT molecular complexity index is 1750. The number of aliphatic hydroxyl groups is 1. The quantitative estimate of drug-likeness (QED) is 0.165. The summed E-state index contributed by atoms with van der Waals surface area (Å²) >= 11 is 1.56. The second kappa shape index (κ2) is 20.1. The smallest absolute Gasteiger partial charge is 0.410 e. The van der Waals surface area contributed by atoms with Gasteiger partial charge in [-0.1, -0.05) is 26.0 Å². The Morgan fingerprint density at radius 1 is 1.04 bits per heavy atom. The van der Waals surface area contributed by atoms with E-state index in [2.05, 4.69) is 10.1 Å². The highest BCUT2D eigenvalue weighted by molar-refractivity contribution is 7.13. The van der Waals surface area contributed by atoms with Crippen LogP contribution in [0.25, 0.3) is 10.4 Å². The van der Waals surface area contributed by atoms with Crippen LogP contribution < -0.4 is 9.64 Å². The number of ether oxygens (including phenoxy) is 3. The van der Waals surface area contributed by atoms with Gasteiger partial charge in [0.05, 0.1) is 35.4 Å². The van der Waals surface area contributed by atoms with Crippen molar-refractivity contribution in [1.29, 1.82) is 0 Å². The van der Waals surface area contributed by atoms with Gasteiger partial charge in [-0.2, -0.15) is 0 Å². The number of carbonyl (C=O) groups excluding carboxylic acids is 4. The Morgan fingerprint density at radius 3 is 2.36 bits per heavy atom. The van der Waals surface area contributed by atoms with E-state index in [0.29, 0.717) is 37.5 Å². The molecule has 0 radical (unpaired) electrons. The van der Waals surface area contributed by atoms with Crippen molar-refractivity contribution in [2.45, 2.75) is 90.9 Å². The van der Waals surface area contributed by atoms with Crippen LogP contribution in [0.2, 0.25) is 0 Å². The summed E-state index contributed by atoms with van der Waals surface area (Å²) in [5, 5.41) is 14.7. The molecule has 3 aromatic rings. The molecule has 1 aliphatic rings. The number of nitrogens with zero attached hydrogens (tertiary/aromatic N) is 6. The maximum absolute atomic E-state index is 14.1. The van der Waals surface area contributed by atoms with Crippen LogP contribution in [-0.4, -0.2) is 132 Å². The van der Waals surface area contributed by atoms with Gasteiger partial charge in [-0.3, -0.25) is 14.4 Å². The van der Waals surface area contributed by atoms with Gasteiger partial charge in [0.15, 0.2) is 5.76 Å². The zero-order chi connectivity index (χ0) is 41.2. The number of aromatic nitrogens is 2. The lowest BCUT2D eigenvalue weighted by molar-refractivity contribution is -0.140. The van der Waals surface area contributed by atoms with E-state index in [-0.39, 0.29) is 68.6 Å². The lowest BCUT2D eigenvalue weighted by Gasteiger charge is -2.31. The highest BCUT2D eigenvalue weighted by atomic mass is 32.1. The third kappa shape index (κ3) is 12.2. The molecule has 1 aromatic carbocycles. The van der Waals surface area contributed by atoms with Crippen molar-refractivity contribution in [2.75, 3.05) is 65.5 Å². The normalized spacial score (nSPS) is 16.2. The van der Waals surface area contributed by atoms with Gasteiger partial charge in [-0.15, -0.1) is 11.3 Å². The van der Waals surface area contributed by atoms with Gasteiger partial charge in [0.1, 0.15) is 17.6 Å². The van der Waals surface area contributed by atoms with Crippen LogP contribution in [0.4, 0.5) is 10.5 Å². The topological polar surface area (TPSA) is 168 Å². The van der Waals surface area contributed by atoms with Crippen molar-refractivity contribution in [3.63, 3.8) is 0 Å². The second-order valence-corrected chi connectivity index (χ2v) is 16.4. The van der Waals surface area contributed by atoms with Crippen molar-refractivity contribution in [1.82, 2.24) is 24.8 Å². The largest absolute Gasteiger partial charge is 0.476 e. The molecule has 0 spiro atoms. The van der Waals surface area contributed by atoms with Gasteiger partial charge in [-0.05, 0) is 69.3 Å². The standard InChI is InChI=1S/C40H58N6O9S/c1-26(2)35(38(50)46-24-30(47)22-31(46)37(49)44(9)29-14-12-28(13-15-29)36-27(3)41-25-56-36)32-23-33(42-55-32)53-20-11-10-19-52-21-18-45(17-16-34(48)43(7)8)39(51)54-40(4,5)6/h12-15,23,25-26,30-31,35,47H,10-11,16-22,24H2,1-9H3/t30-,31+,35?/m1/s1. The molecule has 2 aromatic heterocycles. The van der Waals surface area contributed by atoms with E-state index >= 15 is 0 Å². The molecule has 1 N–H and O–H groups in total. The van der Waals surface area contributed by atoms with E-state index in [1.165, 1.54) is 19.6 Å². The van der Waals surface area contributed by atoms with E-state index in [1.54, 1.807) is 64.8 Å². The number of likely N-dealkylation sites (tertiary alicyclic amines) is 1. The maximum atomic E-state index is 14.1. The zero-order valence-electron chi connectivity index (χ0n) is 34.1. The van der Waals surface area contributed by atoms with Crippen LogP contribution >= 0.6 is 11.3 Å². The summed E-state index contributed by atoms with van der Waals surface area (Å²) in [7, 11) is 5.02. The van der Waals surface area contributed by atoms with Crippen LogP contribution in [0.1, 0.15) is 77.7 Å². The Morgan fingerprint density at radius 2 is 1.73 bits per heavy atom. The van der Waals surface area contributed by atoms with E-state index in [4.69, 9.17) is 18.7 Å². The minimum Gasteiger partial charge on any atom is -0.476 e. The number of hydrogen-bond acceptors (Lipinski definition) is 12. The molecule has 3 atom stereocenters. The number of carbonyl (C=O) groups is 4. The monoisotopic (exact) mass is 798 g/mol. The van der Waals surface area contributed by atoms with Crippen molar-refractivity contribution >= 4 is 40.8 Å². The molecule has 1 saturated heterocycles. The first-order valence-electron chi connectivity index (χ1n) is 19.1. The molecule has 15 nitrogen and oxygen atoms in total. The van der Waals surface area contributed by atoms with Crippen LogP contribution in [-0.2, 0) is 23.9 Å². The third-order valence-electron chi connectivity index (χ3n) is 9.37. The van der Waals surface area contributed by atoms with E-state index < -0.39 is 29.8 Å². The second-order valence-electron chi connectivity index (χ2n) is 15.6. The first-order chi connectivity index (χ1) is 26.5. The molecule has 4 rings (SSSR count). The zero-order valence-corrected chi connectivity index (χ0v) is 35.0. The summed E-state index contributed by atoms with van der Waals surface area (Å²) in [6, 6.07) is 8.39. The number of aliphatic hydroxyl groups excluding tert-OH is 1. The molecular weight excluding hydrogens is 741 g/mol. The molecule has 1 aliphatic heterocycles. The average Bonchev–Trinajstić information content (AvgIpc) is 3.89. The fourth-order valence-electron chi connectivity index (χ4n) is 6.29. The lowest BCUT2D eigenvalue weighted by Crippen LogP contribution is -2.48. The van der Waals surface area contributed by atoms with Gasteiger partial charge in [0.25, 0.3) is 5.88 Å². The third-order valence-corrected chi connectivity index (χ3v) is 10.3. The van der Waals surface area contributed by atoms with Gasteiger partial charge in [0.2, 0.25) is 17.7 Å². The Kier molecular flexibility index (Phi) is 15.8. The number of β-amino-alcohol motifs (C(OH)–C–C–N with tert-alkyl or cyclic N) is 1. The Labute approximate surface area is 333 Å². The van der Waals surface area contributed by atoms with Crippen molar-refractivity contribution in [3.8, 4) is 16.3 Å². The van der Waals surface area contributed by atoms with E-state index in [1.807, 2.05) is 45.0 Å². The summed E-state index contributed by atoms with van der Waals surface area (Å²) in [5.41, 5.74) is 3.77. The summed E-state index contributed by atoms with van der Waals surface area (Å²) in [6.07, 6.45) is 0.314. The van der Waals surface area contributed by atoms with Gasteiger partial charge in [0, 0.05) is 72.0 Å². The summed E-state index contributed by atoms with van der Waals surface area (Å²) < 4.78 is 22.7. The predicted octanol–water partition coefficient (Wildman–Crippen LogP) is 5.36. The number of benzene rings is 1. The van der Waals surface area contributed by atoms with Crippen molar-refractivity contribution < 1.29 is 43.0 Å². The first-order valence-corrected chi connectivity index (χ1v) is 20.0. The highest BCUT2D eigenvalue weighted by Gasteiger charge is 2.44. The van der Waals surface area contributed by atoms with Crippen LogP contribution in [0.15, 0.2) is 40.4 Å². The average molecular weight is 799 g/mol. The fourth-order valence-corrected chi connectivity index (χ4v) is 7.10. The number of thiazole rings is 1. The SMILES string of the molecule is Cc1ncsc1-c1ccc(N(C)C(=O)[C@@H]2C[C@@H](O)CN2C(=O)C(c2cc(OCCCCOCCN(CCC(=O)N(C)C)C(=O)OC(C)(C)C)no2)C(C)C)cc1. The minimum absolute atomic E-state index is 0.0324. The fraction of sp³-hybridized carbons (Fsp3) is 0.600. The number of likely N-dealkylation sites (N-methyl/N-ethyl adjacent to an activating group) is 1. The number of hydrogen-bond donors (Lipinski definition) is 1. The number of anilines is 1.